The van der Waals surface area contributed by atoms with Crippen molar-refractivity contribution in [1.29, 1.82) is 0 Å². The molecule has 0 N–H and O–H groups in total. The molecule has 0 atom stereocenters. The first-order chi connectivity index (χ1) is 7.57. The van der Waals surface area contributed by atoms with Crippen molar-refractivity contribution in [2.45, 2.75) is 18.4 Å². The molecule has 1 saturated carbocycles. The zero-order valence-electron chi connectivity index (χ0n) is 10.1. The first-order valence-electron chi connectivity index (χ1n) is 5.49. The lowest BCUT2D eigenvalue weighted by atomic mass is 10.2. The van der Waals surface area contributed by atoms with Gasteiger partial charge in [0.05, 0.1) is 18.2 Å². The molecule has 0 amide bonds. The highest BCUT2D eigenvalue weighted by molar-refractivity contribution is 5.89. The maximum atomic E-state index is 11.4. The molecule has 0 bridgehead atoms. The number of carbonyl (C=O) groups is 1. The van der Waals surface area contributed by atoms with Crippen molar-refractivity contribution in [3.8, 4) is 0 Å². The van der Waals surface area contributed by atoms with Crippen LogP contribution >= 0.6 is 0 Å². The summed E-state index contributed by atoms with van der Waals surface area (Å²) in [5.74, 6) is -0.264. The van der Waals surface area contributed by atoms with E-state index in [1.807, 2.05) is 18.5 Å². The summed E-state index contributed by atoms with van der Waals surface area (Å²) in [4.78, 5) is 13.5. The zero-order chi connectivity index (χ0) is 11.8. The highest BCUT2D eigenvalue weighted by Gasteiger charge is 2.44. The van der Waals surface area contributed by atoms with Crippen LogP contribution in [0.25, 0.3) is 0 Å². The fraction of sp³-hybridized carbons (Fsp3) is 0.583. The van der Waals surface area contributed by atoms with Crippen molar-refractivity contribution < 1.29 is 9.53 Å². The van der Waals surface area contributed by atoms with Crippen LogP contribution in [0.4, 0.5) is 0 Å². The number of aromatic nitrogens is 1. The van der Waals surface area contributed by atoms with Crippen molar-refractivity contribution >= 4 is 5.97 Å². The fourth-order valence-corrected chi connectivity index (χ4v) is 2.16. The molecular formula is C12H18N2O2. The van der Waals surface area contributed by atoms with Gasteiger partial charge in [-0.1, -0.05) is 0 Å². The summed E-state index contributed by atoms with van der Waals surface area (Å²) in [6.45, 7) is 1.02. The van der Waals surface area contributed by atoms with Gasteiger partial charge in [0.2, 0.25) is 0 Å². The summed E-state index contributed by atoms with van der Waals surface area (Å²) in [5, 5.41) is 0. The lowest BCUT2D eigenvalue weighted by Gasteiger charge is -2.21. The lowest BCUT2D eigenvalue weighted by molar-refractivity contribution is 0.0600. The van der Waals surface area contributed by atoms with Crippen molar-refractivity contribution in [2.75, 3.05) is 27.7 Å². The van der Waals surface area contributed by atoms with Gasteiger partial charge in [-0.05, 0) is 33.0 Å². The van der Waals surface area contributed by atoms with E-state index in [2.05, 4.69) is 23.6 Å². The van der Waals surface area contributed by atoms with Gasteiger partial charge in [-0.3, -0.25) is 0 Å². The van der Waals surface area contributed by atoms with Gasteiger partial charge >= 0.3 is 5.97 Å². The Morgan fingerprint density at radius 3 is 2.75 bits per heavy atom. The van der Waals surface area contributed by atoms with Crippen molar-refractivity contribution in [3.63, 3.8) is 0 Å². The quantitative estimate of drug-likeness (QED) is 0.721. The Morgan fingerprint density at radius 2 is 2.25 bits per heavy atom. The topological polar surface area (TPSA) is 34.5 Å². The average molecular weight is 222 g/mol. The fourth-order valence-electron chi connectivity index (χ4n) is 2.16. The average Bonchev–Trinajstić information content (AvgIpc) is 2.82. The maximum absolute atomic E-state index is 11.4. The molecule has 88 valence electrons. The highest BCUT2D eigenvalue weighted by Crippen LogP contribution is 2.44. The molecule has 0 spiro atoms. The van der Waals surface area contributed by atoms with Gasteiger partial charge in [0.15, 0.2) is 0 Å². The van der Waals surface area contributed by atoms with E-state index in [0.29, 0.717) is 5.56 Å². The molecule has 4 nitrogen and oxygen atoms in total. The van der Waals surface area contributed by atoms with Gasteiger partial charge in [-0.15, -0.1) is 0 Å². The van der Waals surface area contributed by atoms with E-state index in [4.69, 9.17) is 4.74 Å². The second-order valence-corrected chi connectivity index (χ2v) is 4.76. The predicted octanol–water partition coefficient (Wildman–Crippen LogP) is 1.33. The normalized spacial score (nSPS) is 17.5. The monoisotopic (exact) mass is 222 g/mol. The summed E-state index contributed by atoms with van der Waals surface area (Å²) in [7, 11) is 5.56. The SMILES string of the molecule is COC(=O)c1ccn(C2(CN(C)C)CC2)c1. The first-order valence-corrected chi connectivity index (χ1v) is 5.49. The molecule has 16 heavy (non-hydrogen) atoms. The number of carbonyl (C=O) groups excluding carboxylic acids is 1. The standard InChI is InChI=1S/C12H18N2O2/c1-13(2)9-12(5-6-12)14-7-4-10(8-14)11(15)16-3/h4,7-8H,5-6,9H2,1-3H3. The lowest BCUT2D eigenvalue weighted by Crippen LogP contribution is -2.30. The van der Waals surface area contributed by atoms with E-state index in [-0.39, 0.29) is 11.5 Å². The highest BCUT2D eigenvalue weighted by atomic mass is 16.5. The molecule has 0 aromatic carbocycles. The van der Waals surface area contributed by atoms with Crippen LogP contribution in [0.15, 0.2) is 18.5 Å². The van der Waals surface area contributed by atoms with Crippen LogP contribution < -0.4 is 0 Å². The van der Waals surface area contributed by atoms with Crippen LogP contribution in [0.2, 0.25) is 0 Å². The number of likely N-dealkylation sites (N-methyl/N-ethyl adjacent to an activating group) is 1. The van der Waals surface area contributed by atoms with E-state index in [9.17, 15) is 4.79 Å². The van der Waals surface area contributed by atoms with Crippen LogP contribution in [0.5, 0.6) is 0 Å². The van der Waals surface area contributed by atoms with Gasteiger partial charge < -0.3 is 14.2 Å². The summed E-state index contributed by atoms with van der Waals surface area (Å²) in [5.41, 5.74) is 0.836. The van der Waals surface area contributed by atoms with E-state index < -0.39 is 0 Å². The summed E-state index contributed by atoms with van der Waals surface area (Å²) >= 11 is 0. The Labute approximate surface area is 95.8 Å². The van der Waals surface area contributed by atoms with Gasteiger partial charge in [-0.2, -0.15) is 0 Å². The summed E-state index contributed by atoms with van der Waals surface area (Å²) in [6, 6.07) is 1.82. The van der Waals surface area contributed by atoms with Gasteiger partial charge in [-0.25, -0.2) is 4.79 Å². The minimum absolute atomic E-state index is 0.204. The van der Waals surface area contributed by atoms with Gasteiger partial charge in [0.25, 0.3) is 0 Å². The molecule has 1 heterocycles. The number of hydrogen-bond donors (Lipinski definition) is 0. The summed E-state index contributed by atoms with van der Waals surface area (Å²) < 4.78 is 6.85. The molecule has 1 fully saturated rings. The second kappa shape index (κ2) is 3.94. The van der Waals surface area contributed by atoms with Crippen molar-refractivity contribution in [2.24, 2.45) is 0 Å². The molecule has 4 heteroatoms. The third kappa shape index (κ3) is 1.97. The molecule has 2 rings (SSSR count). The van der Waals surface area contributed by atoms with Crippen LogP contribution in [0.1, 0.15) is 23.2 Å². The molecule has 0 unspecified atom stereocenters. The molecule has 1 aromatic rings. The second-order valence-electron chi connectivity index (χ2n) is 4.76. The van der Waals surface area contributed by atoms with Crippen LogP contribution in [-0.4, -0.2) is 43.2 Å². The number of hydrogen-bond acceptors (Lipinski definition) is 3. The molecule has 0 aliphatic heterocycles. The maximum Gasteiger partial charge on any atom is 0.339 e. The minimum atomic E-state index is -0.264. The third-order valence-corrected chi connectivity index (χ3v) is 3.10. The minimum Gasteiger partial charge on any atom is -0.465 e. The number of ether oxygens (including phenoxy) is 1. The molecule has 1 aromatic heterocycles. The first kappa shape index (κ1) is 11.2. The smallest absolute Gasteiger partial charge is 0.339 e. The predicted molar refractivity (Wildman–Crippen MR) is 61.5 cm³/mol. The van der Waals surface area contributed by atoms with Crippen LogP contribution in [0, 0.1) is 0 Å². The zero-order valence-corrected chi connectivity index (χ0v) is 10.1. The Morgan fingerprint density at radius 1 is 1.56 bits per heavy atom. The molecule has 1 aliphatic carbocycles. The number of esters is 1. The third-order valence-electron chi connectivity index (χ3n) is 3.10. The number of rotatable bonds is 4. The van der Waals surface area contributed by atoms with E-state index in [1.54, 1.807) is 0 Å². The largest absolute Gasteiger partial charge is 0.465 e. The van der Waals surface area contributed by atoms with Gasteiger partial charge in [0, 0.05) is 18.9 Å². The van der Waals surface area contributed by atoms with Crippen LogP contribution in [-0.2, 0) is 10.3 Å². The van der Waals surface area contributed by atoms with Crippen molar-refractivity contribution in [3.05, 3.63) is 24.0 Å². The Balaban J connectivity index is 2.16. The van der Waals surface area contributed by atoms with E-state index in [0.717, 1.165) is 6.54 Å². The molecule has 1 aliphatic rings. The van der Waals surface area contributed by atoms with E-state index in [1.165, 1.54) is 20.0 Å². The van der Waals surface area contributed by atoms with Crippen molar-refractivity contribution in [1.82, 2.24) is 9.47 Å². The van der Waals surface area contributed by atoms with E-state index >= 15 is 0 Å². The Bertz CT molecular complexity index is 391. The molecule has 0 radical (unpaired) electrons. The Kier molecular flexibility index (Phi) is 2.76. The summed E-state index contributed by atoms with van der Waals surface area (Å²) in [6.07, 6.45) is 6.23. The number of nitrogens with zero attached hydrogens (tertiary/aromatic N) is 2. The van der Waals surface area contributed by atoms with Gasteiger partial charge in [0.1, 0.15) is 0 Å². The van der Waals surface area contributed by atoms with Crippen LogP contribution in [0.3, 0.4) is 0 Å². The molecule has 0 saturated heterocycles. The number of methoxy groups -OCH3 is 1. The molecular weight excluding hydrogens is 204 g/mol. The Hall–Kier alpha value is -1.29.